The van der Waals surface area contributed by atoms with Crippen LogP contribution in [0.4, 0.5) is 0 Å². The summed E-state index contributed by atoms with van der Waals surface area (Å²) in [6, 6.07) is 0. The van der Waals surface area contributed by atoms with E-state index < -0.39 is 34.2 Å². The molecule has 1 unspecified atom stereocenters. The number of hydrogen-bond donors (Lipinski definition) is 0. The average Bonchev–Trinajstić information content (AvgIpc) is 2.09. The lowest BCUT2D eigenvalue weighted by Gasteiger charge is -2.22. The monoisotopic (exact) mass is 420 g/mol. The molecule has 0 bridgehead atoms. The number of halogens is 7. The number of phosphoric acid groups is 1. The predicted octanol–water partition coefficient (Wildman–Crippen LogP) is 5.47. The van der Waals surface area contributed by atoms with Crippen molar-refractivity contribution in [2.45, 2.75) is 20.1 Å². The number of rotatable bonds is 6. The van der Waals surface area contributed by atoms with Crippen LogP contribution in [0.25, 0.3) is 0 Å². The van der Waals surface area contributed by atoms with Crippen molar-refractivity contribution < 1.29 is 18.1 Å². The fourth-order valence-electron chi connectivity index (χ4n) is 0.581. The fourth-order valence-corrected chi connectivity index (χ4v) is 2.91. The van der Waals surface area contributed by atoms with Crippen LogP contribution in [0.1, 0.15) is 6.92 Å². The van der Waals surface area contributed by atoms with Crippen molar-refractivity contribution in [2.75, 3.05) is 13.2 Å². The normalized spacial score (nSPS) is 15.8. The average molecular weight is 423 g/mol. The molecule has 12 heteroatoms. The molecule has 0 aromatic heterocycles. The van der Waals surface area contributed by atoms with Crippen LogP contribution in [0.15, 0.2) is 0 Å². The molecule has 0 amide bonds. The second-order valence-corrected chi connectivity index (χ2v) is 10.1. The van der Waals surface area contributed by atoms with Crippen LogP contribution in [0.3, 0.4) is 0 Å². The number of hydrogen-bond acceptors (Lipinski definition) is 4. The fraction of sp³-hybridized carbons (Fsp3) is 1.00. The molecule has 4 nitrogen and oxygen atoms in total. The van der Waals surface area contributed by atoms with Gasteiger partial charge in [0.2, 0.25) is 7.59 Å². The summed E-state index contributed by atoms with van der Waals surface area (Å²) < 4.78 is 22.7. The zero-order valence-corrected chi connectivity index (χ0v) is 14.9. The van der Waals surface area contributed by atoms with Crippen molar-refractivity contribution in [2.24, 2.45) is 0 Å². The van der Waals surface area contributed by atoms with E-state index in [2.05, 4.69) is 0 Å². The molecule has 18 heavy (non-hydrogen) atoms. The molecule has 0 saturated carbocycles. The molecule has 0 aliphatic carbocycles. The molecule has 0 aliphatic rings. The summed E-state index contributed by atoms with van der Waals surface area (Å²) in [5.74, 6) is 0. The summed E-state index contributed by atoms with van der Waals surface area (Å²) in [4.78, 5) is 0. The Hall–Kier alpha value is 2.14. The van der Waals surface area contributed by atoms with Crippen molar-refractivity contribution in [3.63, 3.8) is 0 Å². The second-order valence-electron chi connectivity index (χ2n) is 2.87. The molecule has 0 aromatic carbocycles. The van der Waals surface area contributed by atoms with Gasteiger partial charge in [0.15, 0.2) is 0 Å². The second kappa shape index (κ2) is 7.95. The number of phosphoric ester groups is 1. The van der Waals surface area contributed by atoms with E-state index >= 15 is 0 Å². The molecule has 0 aromatic rings. The van der Waals surface area contributed by atoms with Crippen molar-refractivity contribution in [3.05, 3.63) is 0 Å². The van der Waals surface area contributed by atoms with Crippen LogP contribution < -0.4 is 0 Å². The topological polar surface area (TPSA) is 44.8 Å². The Bertz CT molecular complexity index is 277. The zero-order chi connectivity index (χ0) is 14.6. The Morgan fingerprint density at radius 2 is 1.33 bits per heavy atom. The summed E-state index contributed by atoms with van der Waals surface area (Å²) in [5.41, 5.74) is -0.985. The Balaban J connectivity index is 4.58. The van der Waals surface area contributed by atoms with Gasteiger partial charge in [0.1, 0.15) is 18.8 Å². The van der Waals surface area contributed by atoms with Gasteiger partial charge in [0.25, 0.3) is 0 Å². The van der Waals surface area contributed by atoms with Crippen molar-refractivity contribution in [3.8, 4) is 0 Å². The maximum absolute atomic E-state index is 12.0. The third-order valence-corrected chi connectivity index (χ3v) is 3.38. The van der Waals surface area contributed by atoms with Gasteiger partial charge in [-0.1, -0.05) is 81.2 Å². The standard InChI is InChI=1S/C6H8Cl7O4P/c1-4(7)17-18(14,15-2-5(8,9)10)16-3-6(11,12)13/h4H,2-3H2,1H3. The molecule has 0 rings (SSSR count). The first-order valence-electron chi connectivity index (χ1n) is 4.18. The van der Waals surface area contributed by atoms with Gasteiger partial charge in [0.05, 0.1) is 0 Å². The first-order valence-corrected chi connectivity index (χ1v) is 8.34. The lowest BCUT2D eigenvalue weighted by Crippen LogP contribution is -2.18. The molecule has 0 saturated heterocycles. The van der Waals surface area contributed by atoms with Crippen LogP contribution in [-0.4, -0.2) is 26.4 Å². The Kier molecular flexibility index (Phi) is 8.90. The van der Waals surface area contributed by atoms with E-state index in [9.17, 15) is 4.57 Å². The molecule has 0 spiro atoms. The molecular weight excluding hydrogens is 415 g/mol. The van der Waals surface area contributed by atoms with Crippen LogP contribution in [-0.2, 0) is 18.1 Å². The van der Waals surface area contributed by atoms with E-state index in [4.69, 9.17) is 94.8 Å². The van der Waals surface area contributed by atoms with Crippen molar-refractivity contribution in [1.82, 2.24) is 0 Å². The molecular formula is C6H8Cl7O4P. The first kappa shape index (κ1) is 20.1. The van der Waals surface area contributed by atoms with E-state index in [1.807, 2.05) is 0 Å². The van der Waals surface area contributed by atoms with Gasteiger partial charge < -0.3 is 0 Å². The van der Waals surface area contributed by atoms with E-state index in [1.54, 1.807) is 0 Å². The minimum atomic E-state index is -4.11. The van der Waals surface area contributed by atoms with Gasteiger partial charge >= 0.3 is 7.82 Å². The molecule has 0 fully saturated rings. The van der Waals surface area contributed by atoms with E-state index in [-0.39, 0.29) is 0 Å². The highest BCUT2D eigenvalue weighted by molar-refractivity contribution is 7.48. The van der Waals surface area contributed by atoms with Crippen molar-refractivity contribution in [1.29, 1.82) is 0 Å². The predicted molar refractivity (Wildman–Crippen MR) is 76.5 cm³/mol. The molecule has 1 atom stereocenters. The van der Waals surface area contributed by atoms with Crippen LogP contribution in [0, 0.1) is 0 Å². The largest absolute Gasteiger partial charge is 0.476 e. The van der Waals surface area contributed by atoms with Crippen molar-refractivity contribution >= 4 is 89.0 Å². The van der Waals surface area contributed by atoms with Gasteiger partial charge in [-0.25, -0.2) is 4.57 Å². The quantitative estimate of drug-likeness (QED) is 0.420. The Morgan fingerprint density at radius 3 is 1.56 bits per heavy atom. The Labute approximate surface area is 140 Å². The SMILES string of the molecule is CC(Cl)OP(=O)(OCC(Cl)(Cl)Cl)OCC(Cl)(Cl)Cl. The minimum absolute atomic E-state index is 0.557. The molecule has 110 valence electrons. The summed E-state index contributed by atoms with van der Waals surface area (Å²) in [7, 11) is -4.11. The summed E-state index contributed by atoms with van der Waals surface area (Å²) in [5, 5.41) is 0. The summed E-state index contributed by atoms with van der Waals surface area (Å²) >= 11 is 38.1. The van der Waals surface area contributed by atoms with Gasteiger partial charge in [-0.2, -0.15) is 0 Å². The third-order valence-electron chi connectivity index (χ3n) is 1.05. The van der Waals surface area contributed by atoms with E-state index in [0.717, 1.165) is 0 Å². The highest BCUT2D eigenvalue weighted by Crippen LogP contribution is 2.53. The molecule has 0 radical (unpaired) electrons. The third kappa shape index (κ3) is 11.9. The lowest BCUT2D eigenvalue weighted by atomic mass is 10.9. The number of alkyl halides is 7. The van der Waals surface area contributed by atoms with Gasteiger partial charge in [-0.3, -0.25) is 13.6 Å². The maximum Gasteiger partial charge on any atom is 0.476 e. The smallest absolute Gasteiger partial charge is 0.282 e. The summed E-state index contributed by atoms with van der Waals surface area (Å²) in [6.45, 7) is 0.266. The molecule has 0 aliphatic heterocycles. The van der Waals surface area contributed by atoms with E-state index in [1.165, 1.54) is 6.92 Å². The van der Waals surface area contributed by atoms with Crippen LogP contribution in [0.5, 0.6) is 0 Å². The van der Waals surface area contributed by atoms with E-state index in [0.29, 0.717) is 0 Å². The molecule has 0 heterocycles. The highest BCUT2D eigenvalue weighted by Gasteiger charge is 2.36. The first-order chi connectivity index (χ1) is 7.83. The summed E-state index contributed by atoms with van der Waals surface area (Å²) in [6.07, 6.45) is 0. The van der Waals surface area contributed by atoms with Gasteiger partial charge in [0, 0.05) is 0 Å². The lowest BCUT2D eigenvalue weighted by molar-refractivity contribution is 0.110. The zero-order valence-electron chi connectivity index (χ0n) is 8.72. The van der Waals surface area contributed by atoms with Gasteiger partial charge in [-0.05, 0) is 6.92 Å². The maximum atomic E-state index is 12.0. The minimum Gasteiger partial charge on any atom is -0.282 e. The van der Waals surface area contributed by atoms with Gasteiger partial charge in [-0.15, -0.1) is 0 Å². The Morgan fingerprint density at radius 1 is 1.00 bits per heavy atom. The molecule has 0 N–H and O–H groups in total. The van der Waals surface area contributed by atoms with Crippen LogP contribution in [0.2, 0.25) is 0 Å². The van der Waals surface area contributed by atoms with Crippen LogP contribution >= 0.6 is 89.0 Å². The highest BCUT2D eigenvalue weighted by atomic mass is 35.6.